The second-order valence-electron chi connectivity index (χ2n) is 44.3. The molecule has 2 fully saturated rings. The van der Waals surface area contributed by atoms with E-state index in [4.69, 9.17) is 18.6 Å². The number of benzene rings is 13. The standard InChI is InChI=1S/C56H68Br2.C38H38Br2N2.C34H48B2O4/c1-9-11-13-15-17-19-33-55(34-20-18-16-14-12-10-2)49-35-43(57)29-31-45(49)47-38-52-48(37-50(47)55)46-32-30-44(58)36-51(46)56(52,41-25-21-39(22-26-41)53(3,4)5)42-27-23-40(24-28-42)54(6,7)8;1-37(2,3)27-7-15-31(16-8-27)41(33-19-11-29(39)12-20-33)35-23-25-36(26-24-35)42(34-21-13-30(40)14-22-34)32-17-9-28(10-18-32)38(4,5)6;1-3-5-7-9-11-13-15-29-30(16-14-12-10-8-6-4-2)34-26-28(36-39-23-24-40-36)18-20-32(34)31-19-17-27(25-33(29)31)35-37-21-22-38-35/h21-32,35-38H,9-20,33-34H2,1-8H3;7-26H,1-6H3;17-20,25-26H,3-16,21-24H2,1-2H3. The lowest BCUT2D eigenvalue weighted by molar-refractivity contribution is 0.365. The molecule has 0 spiro atoms. The van der Waals surface area contributed by atoms with Crippen LogP contribution in [-0.4, -0.2) is 40.7 Å². The summed E-state index contributed by atoms with van der Waals surface area (Å²) in [7, 11) is -0.494. The van der Waals surface area contributed by atoms with Crippen molar-refractivity contribution in [1.29, 1.82) is 0 Å². The normalized spacial score (nSPS) is 14.2. The smallest absolute Gasteiger partial charge is 0.405 e. The van der Waals surface area contributed by atoms with Gasteiger partial charge in [0.15, 0.2) is 0 Å². The van der Waals surface area contributed by atoms with Crippen LogP contribution in [0.25, 0.3) is 43.8 Å². The van der Waals surface area contributed by atoms with Crippen molar-refractivity contribution in [3.05, 3.63) is 339 Å². The number of hydrogen-bond donors (Lipinski definition) is 0. The fraction of sp³-hybridized carbons (Fsp3) is 0.422. The Labute approximate surface area is 876 Å². The van der Waals surface area contributed by atoms with E-state index in [1.165, 1.54) is 271 Å². The van der Waals surface area contributed by atoms with Crippen molar-refractivity contribution in [2.45, 2.75) is 323 Å². The lowest BCUT2D eigenvalue weighted by Gasteiger charge is -2.36. The van der Waals surface area contributed by atoms with Crippen LogP contribution in [0.2, 0.25) is 0 Å². The molecule has 0 saturated carbocycles. The molecule has 2 heterocycles. The van der Waals surface area contributed by atoms with Crippen molar-refractivity contribution in [2.75, 3.05) is 36.2 Å². The van der Waals surface area contributed by atoms with Gasteiger partial charge in [-0.05, 0) is 315 Å². The van der Waals surface area contributed by atoms with E-state index in [-0.39, 0.29) is 41.3 Å². The number of unbranched alkanes of at least 4 members (excludes halogenated alkanes) is 20. The summed E-state index contributed by atoms with van der Waals surface area (Å²) in [6.07, 6.45) is 36.3. The molecule has 6 nitrogen and oxygen atoms in total. The molecule has 17 rings (SSSR count). The predicted molar refractivity (Wildman–Crippen MR) is 618 cm³/mol. The van der Waals surface area contributed by atoms with E-state index >= 15 is 0 Å². The van der Waals surface area contributed by atoms with Crippen molar-refractivity contribution in [3.8, 4) is 22.3 Å². The maximum absolute atomic E-state index is 5.92. The van der Waals surface area contributed by atoms with Crippen molar-refractivity contribution in [3.63, 3.8) is 0 Å². The van der Waals surface area contributed by atoms with Gasteiger partial charge in [-0.15, -0.1) is 0 Å². The summed E-state index contributed by atoms with van der Waals surface area (Å²) in [6, 6.07) is 96.5. The Morgan fingerprint density at radius 1 is 0.257 bits per heavy atom. The van der Waals surface area contributed by atoms with E-state index in [9.17, 15) is 0 Å². The van der Waals surface area contributed by atoms with Crippen molar-refractivity contribution in [1.82, 2.24) is 0 Å². The highest BCUT2D eigenvalue weighted by Crippen LogP contribution is 2.63. The minimum atomic E-state index is -0.477. The minimum Gasteiger partial charge on any atom is -0.405 e. The number of hydrogen-bond acceptors (Lipinski definition) is 6. The third-order valence-electron chi connectivity index (χ3n) is 30.1. The number of halogens is 4. The molecular weight excluding hydrogens is 1970 g/mol. The molecule has 0 radical (unpaired) electrons. The minimum absolute atomic E-state index is 0.00246. The lowest BCUT2D eigenvalue weighted by Crippen LogP contribution is -2.32. The van der Waals surface area contributed by atoms with E-state index < -0.39 is 5.41 Å². The van der Waals surface area contributed by atoms with Gasteiger partial charge in [-0.1, -0.05) is 437 Å². The van der Waals surface area contributed by atoms with Gasteiger partial charge in [0, 0.05) is 57.4 Å². The Balaban J connectivity index is 0.000000163. The zero-order valence-electron chi connectivity index (χ0n) is 87.1. The average molecular weight is 2130 g/mol. The average Bonchev–Trinajstić information content (AvgIpc) is 1.51. The van der Waals surface area contributed by atoms with Crippen LogP contribution < -0.4 is 20.7 Å². The third-order valence-corrected chi connectivity index (χ3v) is 32.1. The summed E-state index contributed by atoms with van der Waals surface area (Å²) in [6.45, 7) is 39.3. The number of nitrogens with zero attached hydrogens (tertiary/aromatic N) is 2. The van der Waals surface area contributed by atoms with Crippen LogP contribution in [0.4, 0.5) is 34.1 Å². The summed E-state index contributed by atoms with van der Waals surface area (Å²) >= 11 is 15.2. The van der Waals surface area contributed by atoms with E-state index in [0.29, 0.717) is 26.4 Å². The molecule has 734 valence electrons. The first-order chi connectivity index (χ1) is 67.4. The third kappa shape index (κ3) is 25.0. The first-order valence-corrected chi connectivity index (χ1v) is 56.5. The van der Waals surface area contributed by atoms with Gasteiger partial charge in [-0.3, -0.25) is 0 Å². The molecule has 0 atom stereocenters. The van der Waals surface area contributed by atoms with Gasteiger partial charge >= 0.3 is 14.2 Å². The molecular formula is C128H154B2Br4N2O4. The van der Waals surface area contributed by atoms with Gasteiger partial charge in [0.05, 0.1) is 31.8 Å². The van der Waals surface area contributed by atoms with Crippen LogP contribution in [0.3, 0.4) is 0 Å². The number of rotatable bonds is 38. The molecule has 2 saturated heterocycles. The molecule has 140 heavy (non-hydrogen) atoms. The van der Waals surface area contributed by atoms with E-state index in [0.717, 1.165) is 71.3 Å². The molecule has 4 aliphatic rings. The first-order valence-electron chi connectivity index (χ1n) is 53.4. The summed E-state index contributed by atoms with van der Waals surface area (Å²) < 4.78 is 28.1. The molecule has 2 aliphatic heterocycles. The van der Waals surface area contributed by atoms with Crippen LogP contribution in [-0.2, 0) is 63.9 Å². The molecule has 2 aliphatic carbocycles. The summed E-state index contributed by atoms with van der Waals surface area (Å²) in [5.74, 6) is 0. The monoisotopic (exact) mass is 2120 g/mol. The molecule has 0 bridgehead atoms. The van der Waals surface area contributed by atoms with Crippen LogP contribution >= 0.6 is 63.7 Å². The van der Waals surface area contributed by atoms with Crippen LogP contribution in [0.5, 0.6) is 0 Å². The second-order valence-corrected chi connectivity index (χ2v) is 48.0. The van der Waals surface area contributed by atoms with Crippen LogP contribution in [0.15, 0.2) is 273 Å². The quantitative estimate of drug-likeness (QED) is 0.0218. The zero-order valence-corrected chi connectivity index (χ0v) is 93.4. The van der Waals surface area contributed by atoms with E-state index in [1.807, 2.05) is 0 Å². The van der Waals surface area contributed by atoms with Gasteiger partial charge in [0.2, 0.25) is 0 Å². The molecule has 13 aromatic carbocycles. The summed E-state index contributed by atoms with van der Waals surface area (Å²) in [4.78, 5) is 4.62. The number of anilines is 6. The maximum atomic E-state index is 5.92. The fourth-order valence-electron chi connectivity index (χ4n) is 22.2. The van der Waals surface area contributed by atoms with Gasteiger partial charge in [-0.25, -0.2) is 0 Å². The Morgan fingerprint density at radius 3 is 0.864 bits per heavy atom. The predicted octanol–water partition coefficient (Wildman–Crippen LogP) is 38.0. The molecule has 0 amide bonds. The Morgan fingerprint density at radius 2 is 0.521 bits per heavy atom. The zero-order chi connectivity index (χ0) is 98.9. The van der Waals surface area contributed by atoms with Gasteiger partial charge in [0.25, 0.3) is 0 Å². The first kappa shape index (κ1) is 106. The highest BCUT2D eigenvalue weighted by Gasteiger charge is 2.51. The second kappa shape index (κ2) is 48.3. The maximum Gasteiger partial charge on any atom is 0.494 e. The Kier molecular flexibility index (Phi) is 36.6. The molecule has 0 N–H and O–H groups in total. The lowest BCUT2D eigenvalue weighted by atomic mass is 9.66. The van der Waals surface area contributed by atoms with Crippen LogP contribution in [0.1, 0.15) is 344 Å². The van der Waals surface area contributed by atoms with Crippen LogP contribution in [0, 0.1) is 0 Å². The molecule has 0 unspecified atom stereocenters. The number of fused-ring (bicyclic) bond motifs is 9. The van der Waals surface area contributed by atoms with Gasteiger partial charge < -0.3 is 28.4 Å². The highest BCUT2D eigenvalue weighted by molar-refractivity contribution is 9.11. The Hall–Kier alpha value is -8.13. The fourth-order valence-corrected chi connectivity index (χ4v) is 23.4. The van der Waals surface area contributed by atoms with Crippen molar-refractivity contribution in [2.24, 2.45) is 0 Å². The molecule has 0 aromatic heterocycles. The highest BCUT2D eigenvalue weighted by atomic mass is 79.9. The number of aryl methyl sites for hydroxylation is 2. The van der Waals surface area contributed by atoms with E-state index in [2.05, 4.69) is 439 Å². The van der Waals surface area contributed by atoms with Gasteiger partial charge in [-0.2, -0.15) is 0 Å². The van der Waals surface area contributed by atoms with Gasteiger partial charge in [0.1, 0.15) is 0 Å². The van der Waals surface area contributed by atoms with Crippen molar-refractivity contribution >= 4 is 145 Å². The Bertz CT molecular complexity index is 5920. The molecule has 13 aromatic rings. The summed E-state index contributed by atoms with van der Waals surface area (Å²) in [5, 5.41) is 5.45. The molecule has 12 heteroatoms. The largest absolute Gasteiger partial charge is 0.494 e. The van der Waals surface area contributed by atoms with E-state index in [1.54, 1.807) is 11.1 Å². The topological polar surface area (TPSA) is 43.4 Å². The van der Waals surface area contributed by atoms with Crippen molar-refractivity contribution < 1.29 is 18.6 Å². The SMILES string of the molecule is CC(C)(C)c1ccc(N(c2ccc(Br)cc2)c2ccc(N(c3ccc(Br)cc3)c3ccc(C(C)(C)C)cc3)cc2)cc1.CCCCCCCCC1(CCCCCCCC)c2cc(Br)ccc2-c2cc3c(cc21)-c1ccc(Br)cc1C3(c1ccc(C(C)(C)C)cc1)c1ccc(C(C)(C)C)cc1.CCCCCCCCc1c(CCCCCCCC)c2cc(B3OCCO3)ccc2c2ccc(B3OCCO3)cc12. The summed E-state index contributed by atoms with van der Waals surface area (Å²) in [5.41, 5.74) is 31.5.